The molecule has 0 saturated carbocycles. The normalized spacial score (nSPS) is 12.7. The van der Waals surface area contributed by atoms with E-state index in [0.29, 0.717) is 0 Å². The summed E-state index contributed by atoms with van der Waals surface area (Å²) in [5, 5.41) is 1.81. The van der Waals surface area contributed by atoms with E-state index in [2.05, 4.69) is 10.0 Å². The third-order valence-corrected chi connectivity index (χ3v) is 6.58. The number of ether oxygens (including phenoxy) is 1. The van der Waals surface area contributed by atoms with E-state index in [1.54, 1.807) is 6.92 Å². The Hall–Kier alpha value is -3.08. The number of benzene rings is 3. The van der Waals surface area contributed by atoms with E-state index in [4.69, 9.17) is 16.3 Å². The summed E-state index contributed by atoms with van der Waals surface area (Å²) >= 11 is 5.56. The van der Waals surface area contributed by atoms with E-state index in [-0.39, 0.29) is 16.3 Å². The standard InChI is InChI=1S/C23H20ClF3N2O4S/c1-15(16-5-3-2-4-6-16)29-34(31,32)19-10-8-18(9-11-19)33-14-22(30)28-17-7-12-21(24)20(13-17)23(25,26)27/h2-13,15,29H,14H2,1H3,(H,28,30)/t15-/m1/s1. The summed E-state index contributed by atoms with van der Waals surface area (Å²) in [5.41, 5.74) is -0.356. The van der Waals surface area contributed by atoms with Gasteiger partial charge in [-0.05, 0) is 55.0 Å². The number of rotatable bonds is 8. The van der Waals surface area contributed by atoms with Gasteiger partial charge < -0.3 is 10.1 Å². The van der Waals surface area contributed by atoms with Gasteiger partial charge in [0.1, 0.15) is 5.75 Å². The largest absolute Gasteiger partial charge is 0.484 e. The number of halogens is 4. The maximum Gasteiger partial charge on any atom is 0.417 e. The second-order valence-corrected chi connectivity index (χ2v) is 9.38. The molecule has 0 aliphatic carbocycles. The van der Waals surface area contributed by atoms with Gasteiger partial charge in [0.2, 0.25) is 10.0 Å². The number of alkyl halides is 3. The number of sulfonamides is 1. The van der Waals surface area contributed by atoms with Gasteiger partial charge in [0, 0.05) is 11.7 Å². The molecule has 1 atom stereocenters. The molecule has 0 aliphatic heterocycles. The van der Waals surface area contributed by atoms with Crippen LogP contribution in [0.4, 0.5) is 18.9 Å². The molecule has 0 bridgehead atoms. The summed E-state index contributed by atoms with van der Waals surface area (Å²) in [6.45, 7) is 1.22. The van der Waals surface area contributed by atoms with Crippen LogP contribution in [0.15, 0.2) is 77.7 Å². The first-order chi connectivity index (χ1) is 16.0. The van der Waals surface area contributed by atoms with Crippen LogP contribution in [0.25, 0.3) is 0 Å². The average Bonchev–Trinajstić information content (AvgIpc) is 2.79. The Morgan fingerprint density at radius 1 is 1.03 bits per heavy atom. The van der Waals surface area contributed by atoms with Crippen LogP contribution in [0.1, 0.15) is 24.1 Å². The number of amides is 1. The molecular formula is C23H20ClF3N2O4S. The summed E-state index contributed by atoms with van der Waals surface area (Å²) in [4.78, 5) is 12.1. The number of carbonyl (C=O) groups is 1. The highest BCUT2D eigenvalue weighted by Crippen LogP contribution is 2.36. The maximum atomic E-state index is 12.9. The highest BCUT2D eigenvalue weighted by Gasteiger charge is 2.33. The molecule has 180 valence electrons. The lowest BCUT2D eigenvalue weighted by molar-refractivity contribution is -0.137. The van der Waals surface area contributed by atoms with E-state index in [1.165, 1.54) is 30.3 Å². The van der Waals surface area contributed by atoms with Crippen molar-refractivity contribution < 1.29 is 31.1 Å². The van der Waals surface area contributed by atoms with Crippen LogP contribution in [-0.4, -0.2) is 20.9 Å². The third-order valence-electron chi connectivity index (χ3n) is 4.69. The minimum atomic E-state index is -4.66. The molecule has 0 spiro atoms. The zero-order valence-electron chi connectivity index (χ0n) is 17.8. The topological polar surface area (TPSA) is 84.5 Å². The van der Waals surface area contributed by atoms with Crippen molar-refractivity contribution in [1.29, 1.82) is 0 Å². The van der Waals surface area contributed by atoms with E-state index < -0.39 is 45.3 Å². The Morgan fingerprint density at radius 2 is 1.68 bits per heavy atom. The molecular weight excluding hydrogens is 493 g/mol. The molecule has 0 saturated heterocycles. The van der Waals surface area contributed by atoms with Gasteiger partial charge in [0.15, 0.2) is 6.61 Å². The van der Waals surface area contributed by atoms with Crippen molar-refractivity contribution in [3.05, 3.63) is 88.9 Å². The molecule has 11 heteroatoms. The van der Waals surface area contributed by atoms with E-state index in [1.807, 2.05) is 30.3 Å². The molecule has 6 nitrogen and oxygen atoms in total. The molecule has 0 heterocycles. The van der Waals surface area contributed by atoms with E-state index in [9.17, 15) is 26.4 Å². The lowest BCUT2D eigenvalue weighted by Gasteiger charge is -2.15. The highest BCUT2D eigenvalue weighted by atomic mass is 35.5. The molecule has 3 rings (SSSR count). The van der Waals surface area contributed by atoms with Gasteiger partial charge in [0.05, 0.1) is 15.5 Å². The summed E-state index contributed by atoms with van der Waals surface area (Å²) in [6.07, 6.45) is -4.66. The monoisotopic (exact) mass is 512 g/mol. The summed E-state index contributed by atoms with van der Waals surface area (Å²) in [6, 6.07) is 17.0. The second-order valence-electron chi connectivity index (χ2n) is 7.25. The molecule has 3 aromatic rings. The minimum Gasteiger partial charge on any atom is -0.484 e. The van der Waals surface area contributed by atoms with Gasteiger partial charge in [-0.25, -0.2) is 13.1 Å². The van der Waals surface area contributed by atoms with Crippen molar-refractivity contribution in [1.82, 2.24) is 4.72 Å². The van der Waals surface area contributed by atoms with Crippen LogP contribution < -0.4 is 14.8 Å². The van der Waals surface area contributed by atoms with Crippen LogP contribution in [0.2, 0.25) is 5.02 Å². The Bertz CT molecular complexity index is 1250. The van der Waals surface area contributed by atoms with Crippen molar-refractivity contribution in [3.63, 3.8) is 0 Å². The molecule has 34 heavy (non-hydrogen) atoms. The predicted molar refractivity (Wildman–Crippen MR) is 122 cm³/mol. The fraction of sp³-hybridized carbons (Fsp3) is 0.174. The molecule has 0 unspecified atom stereocenters. The zero-order chi connectivity index (χ0) is 24.9. The van der Waals surface area contributed by atoms with Crippen molar-refractivity contribution in [3.8, 4) is 5.75 Å². The molecule has 0 aromatic heterocycles. The zero-order valence-corrected chi connectivity index (χ0v) is 19.3. The molecule has 0 radical (unpaired) electrons. The second kappa shape index (κ2) is 10.5. The Labute approximate surface area is 199 Å². The summed E-state index contributed by atoms with van der Waals surface area (Å²) in [5.74, 6) is -0.497. The number of nitrogens with one attached hydrogen (secondary N) is 2. The van der Waals surface area contributed by atoms with Gasteiger partial charge in [-0.2, -0.15) is 13.2 Å². The average molecular weight is 513 g/mol. The Balaban J connectivity index is 1.58. The molecule has 1 amide bonds. The van der Waals surface area contributed by atoms with E-state index in [0.717, 1.165) is 17.7 Å². The van der Waals surface area contributed by atoms with Crippen LogP contribution in [0.3, 0.4) is 0 Å². The quantitative estimate of drug-likeness (QED) is 0.422. The van der Waals surface area contributed by atoms with Gasteiger partial charge >= 0.3 is 6.18 Å². The molecule has 0 fully saturated rings. The van der Waals surface area contributed by atoms with Crippen LogP contribution in [0, 0.1) is 0 Å². The van der Waals surface area contributed by atoms with Gasteiger partial charge in [-0.1, -0.05) is 41.9 Å². The van der Waals surface area contributed by atoms with Crippen molar-refractivity contribution in [2.75, 3.05) is 11.9 Å². The van der Waals surface area contributed by atoms with Gasteiger partial charge in [0.25, 0.3) is 5.91 Å². The van der Waals surface area contributed by atoms with Gasteiger partial charge in [-0.3, -0.25) is 4.79 Å². The van der Waals surface area contributed by atoms with Gasteiger partial charge in [-0.15, -0.1) is 0 Å². The first kappa shape index (κ1) is 25.5. The molecule has 2 N–H and O–H groups in total. The molecule has 3 aromatic carbocycles. The summed E-state index contributed by atoms with van der Waals surface area (Å²) < 4.78 is 71.9. The first-order valence-corrected chi connectivity index (χ1v) is 11.8. The summed E-state index contributed by atoms with van der Waals surface area (Å²) in [7, 11) is -3.80. The van der Waals surface area contributed by atoms with E-state index >= 15 is 0 Å². The van der Waals surface area contributed by atoms with Crippen molar-refractivity contribution >= 4 is 33.2 Å². The lowest BCUT2D eigenvalue weighted by atomic mass is 10.1. The molecule has 0 aliphatic rings. The Kier molecular flexibility index (Phi) is 7.86. The fourth-order valence-corrected chi connectivity index (χ4v) is 4.45. The van der Waals surface area contributed by atoms with Crippen molar-refractivity contribution in [2.24, 2.45) is 0 Å². The fourth-order valence-electron chi connectivity index (χ4n) is 2.99. The maximum absolute atomic E-state index is 12.9. The Morgan fingerprint density at radius 3 is 2.29 bits per heavy atom. The first-order valence-electron chi connectivity index (χ1n) is 9.92. The minimum absolute atomic E-state index is 0.00734. The van der Waals surface area contributed by atoms with Crippen LogP contribution >= 0.6 is 11.6 Å². The predicted octanol–water partition coefficient (Wildman–Crippen LogP) is 5.42. The number of hydrogen-bond donors (Lipinski definition) is 2. The highest BCUT2D eigenvalue weighted by molar-refractivity contribution is 7.89. The van der Waals surface area contributed by atoms with Crippen molar-refractivity contribution in [2.45, 2.75) is 24.0 Å². The number of anilines is 1. The van der Waals surface area contributed by atoms with Crippen LogP contribution in [0.5, 0.6) is 5.75 Å². The number of hydrogen-bond acceptors (Lipinski definition) is 4. The lowest BCUT2D eigenvalue weighted by Crippen LogP contribution is -2.26. The smallest absolute Gasteiger partial charge is 0.417 e. The number of carbonyl (C=O) groups excluding carboxylic acids is 1. The SMILES string of the molecule is C[C@@H](NS(=O)(=O)c1ccc(OCC(=O)Nc2ccc(Cl)c(C(F)(F)F)c2)cc1)c1ccccc1. The third kappa shape index (κ3) is 6.72. The van der Waals surface area contributed by atoms with Crippen LogP contribution in [-0.2, 0) is 21.0 Å².